The summed E-state index contributed by atoms with van der Waals surface area (Å²) in [5.74, 6) is 1.22. The number of amides is 2. The lowest BCUT2D eigenvalue weighted by Gasteiger charge is -2.39. The molecule has 0 bridgehead atoms. The van der Waals surface area contributed by atoms with Gasteiger partial charge in [-0.3, -0.25) is 14.5 Å². The first kappa shape index (κ1) is 17.3. The van der Waals surface area contributed by atoms with E-state index in [1.54, 1.807) is 16.7 Å². The highest BCUT2D eigenvalue weighted by molar-refractivity contribution is 7.99. The van der Waals surface area contributed by atoms with Crippen molar-refractivity contribution in [2.75, 3.05) is 31.1 Å². The van der Waals surface area contributed by atoms with Gasteiger partial charge in [-0.15, -0.1) is 0 Å². The molecule has 2 fully saturated rings. The summed E-state index contributed by atoms with van der Waals surface area (Å²) in [6.45, 7) is 3.29. The normalized spacial score (nSPS) is 25.4. The zero-order valence-electron chi connectivity index (χ0n) is 13.9. The lowest BCUT2D eigenvalue weighted by Crippen LogP contribution is -2.55. The number of carbonyl (C=O) groups is 2. The standard InChI is InChI=1S/C18H25N3O2S/c19-17(22)16-13-24-10-9-21(16)18(23)15-7-4-8-20(12-15)11-14-5-2-1-3-6-14/h1-3,5-6,15-16H,4,7-13H2,(H2,19,22)/t15-,16-/m1/s1. The van der Waals surface area contributed by atoms with Gasteiger partial charge in [0.1, 0.15) is 6.04 Å². The summed E-state index contributed by atoms with van der Waals surface area (Å²) in [6.07, 6.45) is 1.92. The molecule has 5 nitrogen and oxygen atoms in total. The van der Waals surface area contributed by atoms with E-state index >= 15 is 0 Å². The van der Waals surface area contributed by atoms with Crippen molar-refractivity contribution < 1.29 is 9.59 Å². The van der Waals surface area contributed by atoms with Crippen molar-refractivity contribution in [3.63, 3.8) is 0 Å². The Balaban J connectivity index is 1.63. The van der Waals surface area contributed by atoms with Gasteiger partial charge in [0, 0.05) is 31.1 Å². The van der Waals surface area contributed by atoms with Crippen LogP contribution < -0.4 is 5.73 Å². The molecule has 0 aromatic heterocycles. The van der Waals surface area contributed by atoms with Crippen molar-refractivity contribution in [1.82, 2.24) is 9.80 Å². The van der Waals surface area contributed by atoms with E-state index in [0.29, 0.717) is 12.3 Å². The lowest BCUT2D eigenvalue weighted by molar-refractivity contribution is -0.143. The first-order valence-corrected chi connectivity index (χ1v) is 9.74. The van der Waals surface area contributed by atoms with Crippen molar-refractivity contribution in [3.8, 4) is 0 Å². The summed E-state index contributed by atoms with van der Waals surface area (Å²) < 4.78 is 0. The summed E-state index contributed by atoms with van der Waals surface area (Å²) in [6, 6.07) is 9.91. The smallest absolute Gasteiger partial charge is 0.241 e. The Kier molecular flexibility index (Phi) is 5.79. The molecule has 0 radical (unpaired) electrons. The van der Waals surface area contributed by atoms with Crippen LogP contribution in [0, 0.1) is 5.92 Å². The lowest BCUT2D eigenvalue weighted by atomic mass is 9.95. The highest BCUT2D eigenvalue weighted by atomic mass is 32.2. The van der Waals surface area contributed by atoms with Gasteiger partial charge in [0.2, 0.25) is 11.8 Å². The van der Waals surface area contributed by atoms with E-state index in [4.69, 9.17) is 5.73 Å². The Bertz CT molecular complexity index is 581. The second kappa shape index (κ2) is 8.03. The second-order valence-corrected chi connectivity index (χ2v) is 7.73. The number of hydrogen-bond acceptors (Lipinski definition) is 4. The molecule has 2 heterocycles. The summed E-state index contributed by atoms with van der Waals surface area (Å²) in [4.78, 5) is 28.7. The fraction of sp³-hybridized carbons (Fsp3) is 0.556. The van der Waals surface area contributed by atoms with Gasteiger partial charge in [0.25, 0.3) is 0 Å². The summed E-state index contributed by atoms with van der Waals surface area (Å²) in [5.41, 5.74) is 6.77. The first-order chi connectivity index (χ1) is 11.6. The van der Waals surface area contributed by atoms with Crippen molar-refractivity contribution in [2.24, 2.45) is 11.7 Å². The second-order valence-electron chi connectivity index (χ2n) is 6.58. The highest BCUT2D eigenvalue weighted by Crippen LogP contribution is 2.24. The van der Waals surface area contributed by atoms with Gasteiger partial charge < -0.3 is 10.6 Å². The maximum Gasteiger partial charge on any atom is 0.241 e. The van der Waals surface area contributed by atoms with Crippen LogP contribution in [-0.4, -0.2) is 58.8 Å². The number of hydrogen-bond donors (Lipinski definition) is 1. The van der Waals surface area contributed by atoms with Crippen LogP contribution in [-0.2, 0) is 16.1 Å². The van der Waals surface area contributed by atoms with Gasteiger partial charge in [-0.25, -0.2) is 0 Å². The van der Waals surface area contributed by atoms with Crippen LogP contribution in [0.15, 0.2) is 30.3 Å². The summed E-state index contributed by atoms with van der Waals surface area (Å²) >= 11 is 1.70. The monoisotopic (exact) mass is 347 g/mol. The Morgan fingerprint density at radius 3 is 2.75 bits per heavy atom. The average Bonchev–Trinajstić information content (AvgIpc) is 2.62. The molecule has 24 heavy (non-hydrogen) atoms. The number of carbonyl (C=O) groups excluding carboxylic acids is 2. The molecule has 0 unspecified atom stereocenters. The molecule has 1 aromatic rings. The molecule has 0 saturated carbocycles. The molecule has 2 saturated heterocycles. The molecule has 130 valence electrons. The van der Waals surface area contributed by atoms with Gasteiger partial charge in [0.05, 0.1) is 5.92 Å². The maximum absolute atomic E-state index is 12.9. The maximum atomic E-state index is 12.9. The Labute approximate surface area is 147 Å². The third-order valence-corrected chi connectivity index (χ3v) is 5.87. The number of rotatable bonds is 4. The van der Waals surface area contributed by atoms with Crippen molar-refractivity contribution in [3.05, 3.63) is 35.9 Å². The molecule has 3 rings (SSSR count). The first-order valence-electron chi connectivity index (χ1n) is 8.59. The van der Waals surface area contributed by atoms with E-state index in [9.17, 15) is 9.59 Å². The fourth-order valence-corrected chi connectivity index (χ4v) is 4.64. The quantitative estimate of drug-likeness (QED) is 0.892. The number of benzene rings is 1. The van der Waals surface area contributed by atoms with Crippen LogP contribution in [0.1, 0.15) is 18.4 Å². The minimum atomic E-state index is -0.444. The molecule has 0 aliphatic carbocycles. The molecule has 1 aromatic carbocycles. The Morgan fingerprint density at radius 2 is 2.00 bits per heavy atom. The van der Waals surface area contributed by atoms with Crippen LogP contribution >= 0.6 is 11.8 Å². The van der Waals surface area contributed by atoms with E-state index < -0.39 is 6.04 Å². The van der Waals surface area contributed by atoms with Crippen LogP contribution in [0.5, 0.6) is 0 Å². The van der Waals surface area contributed by atoms with E-state index in [-0.39, 0.29) is 17.7 Å². The molecule has 2 atom stereocenters. The van der Waals surface area contributed by atoms with Crippen molar-refractivity contribution in [1.29, 1.82) is 0 Å². The minimum absolute atomic E-state index is 0.0209. The number of primary amides is 1. The molecular formula is C18H25N3O2S. The van der Waals surface area contributed by atoms with Crippen LogP contribution in [0.3, 0.4) is 0 Å². The van der Waals surface area contributed by atoms with Gasteiger partial charge in [-0.05, 0) is 24.9 Å². The number of nitrogens with zero attached hydrogens (tertiary/aromatic N) is 2. The third kappa shape index (κ3) is 4.11. The van der Waals surface area contributed by atoms with E-state index in [0.717, 1.165) is 38.2 Å². The topological polar surface area (TPSA) is 66.6 Å². The SMILES string of the molecule is NC(=O)[C@H]1CSCCN1C(=O)[C@@H]1CCCN(Cc2ccccc2)C1. The molecule has 2 amide bonds. The third-order valence-electron chi connectivity index (χ3n) is 4.84. The van der Waals surface area contributed by atoms with Crippen molar-refractivity contribution in [2.45, 2.75) is 25.4 Å². The minimum Gasteiger partial charge on any atom is -0.368 e. The van der Waals surface area contributed by atoms with Crippen LogP contribution in [0.25, 0.3) is 0 Å². The van der Waals surface area contributed by atoms with Gasteiger partial charge in [0.15, 0.2) is 0 Å². The van der Waals surface area contributed by atoms with Crippen LogP contribution in [0.2, 0.25) is 0 Å². The van der Waals surface area contributed by atoms with E-state index in [1.165, 1.54) is 5.56 Å². The van der Waals surface area contributed by atoms with Crippen LogP contribution in [0.4, 0.5) is 0 Å². The zero-order valence-corrected chi connectivity index (χ0v) is 14.7. The average molecular weight is 347 g/mol. The summed E-state index contributed by atoms with van der Waals surface area (Å²) in [7, 11) is 0. The fourth-order valence-electron chi connectivity index (χ4n) is 3.58. The number of piperidine rings is 1. The number of nitrogens with two attached hydrogens (primary N) is 1. The number of likely N-dealkylation sites (tertiary alicyclic amines) is 1. The Morgan fingerprint density at radius 1 is 1.21 bits per heavy atom. The molecule has 6 heteroatoms. The zero-order chi connectivity index (χ0) is 16.9. The number of thioether (sulfide) groups is 1. The molecule has 2 N–H and O–H groups in total. The molecule has 2 aliphatic heterocycles. The van der Waals surface area contributed by atoms with Crippen molar-refractivity contribution >= 4 is 23.6 Å². The van der Waals surface area contributed by atoms with E-state index in [2.05, 4.69) is 17.0 Å². The van der Waals surface area contributed by atoms with E-state index in [1.807, 2.05) is 18.2 Å². The molecular weight excluding hydrogens is 322 g/mol. The predicted molar refractivity (Wildman–Crippen MR) is 96.5 cm³/mol. The van der Waals surface area contributed by atoms with Gasteiger partial charge in [-0.1, -0.05) is 30.3 Å². The summed E-state index contributed by atoms with van der Waals surface area (Å²) in [5, 5.41) is 0. The van der Waals surface area contributed by atoms with Gasteiger partial charge >= 0.3 is 0 Å². The molecule has 0 spiro atoms. The van der Waals surface area contributed by atoms with Gasteiger partial charge in [-0.2, -0.15) is 11.8 Å². The largest absolute Gasteiger partial charge is 0.368 e. The molecule has 2 aliphatic rings. The highest BCUT2D eigenvalue weighted by Gasteiger charge is 2.36. The predicted octanol–water partition coefficient (Wildman–Crippen LogP) is 1.33. The Hall–Kier alpha value is -1.53.